The number of likely N-dealkylation sites (N-methyl/N-ethyl adjacent to an activating group) is 1. The quantitative estimate of drug-likeness (QED) is 0.833. The van der Waals surface area contributed by atoms with Gasteiger partial charge in [0.2, 0.25) is 0 Å². The number of ketones is 1. The number of hydrogen-bond acceptors (Lipinski definition) is 3. The standard InChI is InChI=1S/C18H25NO3/c1-12-10-13(11-19(5)17(21)22-18(2,3)4)14-8-6-7-9-15(14)16(12)20/h6-9,12-13H,10-11H2,1-5H3. The zero-order valence-corrected chi connectivity index (χ0v) is 14.1. The van der Waals surface area contributed by atoms with Crippen LogP contribution in [-0.2, 0) is 4.74 Å². The third-order valence-corrected chi connectivity index (χ3v) is 3.95. The predicted octanol–water partition coefficient (Wildman–Crippen LogP) is 3.86. The van der Waals surface area contributed by atoms with Crippen LogP contribution in [0.4, 0.5) is 4.79 Å². The predicted molar refractivity (Wildman–Crippen MR) is 86.2 cm³/mol. The van der Waals surface area contributed by atoms with Crippen molar-refractivity contribution in [2.75, 3.05) is 13.6 Å². The van der Waals surface area contributed by atoms with E-state index in [0.29, 0.717) is 6.54 Å². The van der Waals surface area contributed by atoms with E-state index in [9.17, 15) is 9.59 Å². The fourth-order valence-electron chi connectivity index (χ4n) is 2.92. The number of carbonyl (C=O) groups is 2. The SMILES string of the molecule is CC1CC(CN(C)C(=O)OC(C)(C)C)c2ccccc2C1=O. The van der Waals surface area contributed by atoms with Gasteiger partial charge in [-0.25, -0.2) is 4.79 Å². The minimum absolute atomic E-state index is 0.00747. The summed E-state index contributed by atoms with van der Waals surface area (Å²) in [7, 11) is 1.75. The molecule has 2 unspecified atom stereocenters. The molecule has 22 heavy (non-hydrogen) atoms. The van der Waals surface area contributed by atoms with Crippen molar-refractivity contribution in [1.29, 1.82) is 0 Å². The fraction of sp³-hybridized carbons (Fsp3) is 0.556. The third kappa shape index (κ3) is 3.67. The summed E-state index contributed by atoms with van der Waals surface area (Å²) in [5.74, 6) is 0.361. The molecule has 0 aromatic heterocycles. The number of fused-ring (bicyclic) bond motifs is 1. The van der Waals surface area contributed by atoms with Crippen LogP contribution >= 0.6 is 0 Å². The van der Waals surface area contributed by atoms with Crippen molar-refractivity contribution in [3.63, 3.8) is 0 Å². The third-order valence-electron chi connectivity index (χ3n) is 3.95. The molecule has 1 aromatic carbocycles. The smallest absolute Gasteiger partial charge is 0.410 e. The van der Waals surface area contributed by atoms with E-state index in [4.69, 9.17) is 4.74 Å². The number of ether oxygens (including phenoxy) is 1. The lowest BCUT2D eigenvalue weighted by atomic mass is 9.76. The van der Waals surface area contributed by atoms with Crippen LogP contribution in [0.25, 0.3) is 0 Å². The van der Waals surface area contributed by atoms with Gasteiger partial charge in [0.25, 0.3) is 0 Å². The van der Waals surface area contributed by atoms with Gasteiger partial charge in [-0.15, -0.1) is 0 Å². The lowest BCUT2D eigenvalue weighted by molar-refractivity contribution is 0.0284. The Morgan fingerprint density at radius 1 is 1.32 bits per heavy atom. The summed E-state index contributed by atoms with van der Waals surface area (Å²) in [5, 5.41) is 0. The second kappa shape index (κ2) is 6.11. The molecule has 4 heteroatoms. The van der Waals surface area contributed by atoms with E-state index in [0.717, 1.165) is 17.5 Å². The van der Waals surface area contributed by atoms with Gasteiger partial charge >= 0.3 is 6.09 Å². The molecule has 4 nitrogen and oxygen atoms in total. The van der Waals surface area contributed by atoms with Crippen molar-refractivity contribution in [2.45, 2.75) is 45.6 Å². The molecule has 0 N–H and O–H groups in total. The normalized spacial score (nSPS) is 21.2. The Labute approximate surface area is 132 Å². The number of rotatable bonds is 2. The molecule has 0 aliphatic heterocycles. The zero-order valence-electron chi connectivity index (χ0n) is 14.1. The Balaban J connectivity index is 2.15. The molecule has 0 heterocycles. The molecule has 2 atom stereocenters. The van der Waals surface area contributed by atoms with E-state index in [1.54, 1.807) is 11.9 Å². The molecule has 1 amide bonds. The van der Waals surface area contributed by atoms with Crippen LogP contribution in [0.15, 0.2) is 24.3 Å². The number of benzene rings is 1. The fourth-order valence-corrected chi connectivity index (χ4v) is 2.92. The first kappa shape index (κ1) is 16.5. The van der Waals surface area contributed by atoms with Gasteiger partial charge in [0.1, 0.15) is 5.60 Å². The largest absolute Gasteiger partial charge is 0.444 e. The summed E-state index contributed by atoms with van der Waals surface area (Å²) in [4.78, 5) is 26.0. The minimum Gasteiger partial charge on any atom is -0.444 e. The van der Waals surface area contributed by atoms with Crippen LogP contribution in [0, 0.1) is 5.92 Å². The number of carbonyl (C=O) groups excluding carboxylic acids is 2. The molecule has 0 fully saturated rings. The highest BCUT2D eigenvalue weighted by molar-refractivity contribution is 6.00. The van der Waals surface area contributed by atoms with E-state index in [1.807, 2.05) is 52.0 Å². The molecule has 0 bridgehead atoms. The Kier molecular flexibility index (Phi) is 4.59. The highest BCUT2D eigenvalue weighted by Crippen LogP contribution is 2.35. The first-order valence-corrected chi connectivity index (χ1v) is 7.76. The van der Waals surface area contributed by atoms with Crippen LogP contribution in [-0.4, -0.2) is 36.0 Å². The lowest BCUT2D eigenvalue weighted by Crippen LogP contribution is -2.38. The Morgan fingerprint density at radius 3 is 2.59 bits per heavy atom. The summed E-state index contributed by atoms with van der Waals surface area (Å²) < 4.78 is 5.40. The summed E-state index contributed by atoms with van der Waals surface area (Å²) >= 11 is 0. The maximum absolute atomic E-state index is 12.3. The number of Topliss-reactive ketones (excluding diaryl/α,β-unsaturated/α-hetero) is 1. The van der Waals surface area contributed by atoms with Gasteiger partial charge in [0, 0.05) is 31.0 Å². The molecule has 0 saturated carbocycles. The Bertz CT molecular complexity index is 574. The summed E-state index contributed by atoms with van der Waals surface area (Å²) in [6.07, 6.45) is 0.442. The first-order chi connectivity index (χ1) is 10.2. The molecule has 0 radical (unpaired) electrons. The second-order valence-corrected chi connectivity index (χ2v) is 7.15. The number of amides is 1. The molecule has 2 rings (SSSR count). The number of nitrogens with zero attached hydrogens (tertiary/aromatic N) is 1. The van der Waals surface area contributed by atoms with Crippen molar-refractivity contribution in [3.8, 4) is 0 Å². The molecule has 0 saturated heterocycles. The van der Waals surface area contributed by atoms with Crippen molar-refractivity contribution < 1.29 is 14.3 Å². The average Bonchev–Trinajstić information content (AvgIpc) is 2.42. The maximum Gasteiger partial charge on any atom is 0.410 e. The highest BCUT2D eigenvalue weighted by Gasteiger charge is 2.32. The molecule has 1 aliphatic carbocycles. The van der Waals surface area contributed by atoms with Gasteiger partial charge in [-0.2, -0.15) is 0 Å². The highest BCUT2D eigenvalue weighted by atomic mass is 16.6. The van der Waals surface area contributed by atoms with Crippen molar-refractivity contribution in [2.24, 2.45) is 5.92 Å². The van der Waals surface area contributed by atoms with E-state index < -0.39 is 5.60 Å². The molecule has 0 spiro atoms. The van der Waals surface area contributed by atoms with Crippen molar-refractivity contribution in [1.82, 2.24) is 4.90 Å². The van der Waals surface area contributed by atoms with E-state index in [-0.39, 0.29) is 23.7 Å². The van der Waals surface area contributed by atoms with Gasteiger partial charge < -0.3 is 9.64 Å². The Morgan fingerprint density at radius 2 is 1.95 bits per heavy atom. The van der Waals surface area contributed by atoms with Crippen LogP contribution in [0.1, 0.15) is 56.0 Å². The Hall–Kier alpha value is -1.84. The lowest BCUT2D eigenvalue weighted by Gasteiger charge is -2.32. The minimum atomic E-state index is -0.501. The molecule has 120 valence electrons. The van der Waals surface area contributed by atoms with Gasteiger partial charge in [-0.1, -0.05) is 31.2 Å². The van der Waals surface area contributed by atoms with Crippen molar-refractivity contribution >= 4 is 11.9 Å². The maximum atomic E-state index is 12.3. The van der Waals surface area contributed by atoms with Crippen LogP contribution < -0.4 is 0 Å². The average molecular weight is 303 g/mol. The van der Waals surface area contributed by atoms with E-state index in [2.05, 4.69) is 0 Å². The van der Waals surface area contributed by atoms with Crippen LogP contribution in [0.3, 0.4) is 0 Å². The summed E-state index contributed by atoms with van der Waals surface area (Å²) in [6, 6.07) is 7.71. The monoisotopic (exact) mass is 303 g/mol. The van der Waals surface area contributed by atoms with Gasteiger partial charge in [0.15, 0.2) is 5.78 Å². The van der Waals surface area contributed by atoms with Gasteiger partial charge in [0.05, 0.1) is 0 Å². The van der Waals surface area contributed by atoms with Crippen LogP contribution in [0.2, 0.25) is 0 Å². The van der Waals surface area contributed by atoms with E-state index in [1.165, 1.54) is 0 Å². The topological polar surface area (TPSA) is 46.6 Å². The zero-order chi connectivity index (χ0) is 16.5. The summed E-state index contributed by atoms with van der Waals surface area (Å²) in [6.45, 7) is 8.09. The molecular weight excluding hydrogens is 278 g/mol. The molecule has 1 aromatic rings. The second-order valence-electron chi connectivity index (χ2n) is 7.15. The first-order valence-electron chi connectivity index (χ1n) is 7.76. The number of hydrogen-bond donors (Lipinski definition) is 0. The molecular formula is C18H25NO3. The van der Waals surface area contributed by atoms with Crippen LogP contribution in [0.5, 0.6) is 0 Å². The van der Waals surface area contributed by atoms with Crippen molar-refractivity contribution in [3.05, 3.63) is 35.4 Å². The molecule has 1 aliphatic rings. The van der Waals surface area contributed by atoms with E-state index >= 15 is 0 Å². The summed E-state index contributed by atoms with van der Waals surface area (Å²) in [5.41, 5.74) is 1.34. The van der Waals surface area contributed by atoms with Gasteiger partial charge in [-0.05, 0) is 32.8 Å². The van der Waals surface area contributed by atoms with Gasteiger partial charge in [-0.3, -0.25) is 4.79 Å².